The predicted octanol–water partition coefficient (Wildman–Crippen LogP) is 2.01. The largest absolute Gasteiger partial charge is 0.467 e. The molecule has 1 aromatic rings. The van der Waals surface area contributed by atoms with Crippen molar-refractivity contribution < 1.29 is 14.6 Å². The van der Waals surface area contributed by atoms with Gasteiger partial charge in [-0.05, 0) is 37.1 Å². The summed E-state index contributed by atoms with van der Waals surface area (Å²) in [6, 6.07) is 8.12. The summed E-state index contributed by atoms with van der Waals surface area (Å²) in [7, 11) is 1.27. The van der Waals surface area contributed by atoms with E-state index in [1.807, 2.05) is 12.1 Å². The third-order valence-corrected chi connectivity index (χ3v) is 3.81. The molecular weight excluding hydrogens is 268 g/mol. The van der Waals surface area contributed by atoms with Crippen LogP contribution in [0, 0.1) is 0 Å². The van der Waals surface area contributed by atoms with Crippen LogP contribution < -0.4 is 10.2 Å². The summed E-state index contributed by atoms with van der Waals surface area (Å²) in [5.74, 6) is -0.622. The number of hydrogen-bond donors (Lipinski definition) is 2. The first kappa shape index (κ1) is 15.6. The van der Waals surface area contributed by atoms with Gasteiger partial charge in [-0.2, -0.15) is 0 Å². The van der Waals surface area contributed by atoms with E-state index in [9.17, 15) is 9.90 Å². The zero-order chi connectivity index (χ0) is 15.1. The van der Waals surface area contributed by atoms with Gasteiger partial charge in [0.1, 0.15) is 0 Å². The van der Waals surface area contributed by atoms with Gasteiger partial charge in [-0.25, -0.2) is 4.79 Å². The van der Waals surface area contributed by atoms with Crippen LogP contribution in [0.15, 0.2) is 24.3 Å². The summed E-state index contributed by atoms with van der Waals surface area (Å²) in [5, 5.41) is 12.6. The van der Waals surface area contributed by atoms with Crippen molar-refractivity contribution in [3.8, 4) is 0 Å². The zero-order valence-corrected chi connectivity index (χ0v) is 12.5. The van der Waals surface area contributed by atoms with Crippen molar-refractivity contribution in [3.05, 3.63) is 24.3 Å². The normalized spacial score (nSPS) is 17.0. The third-order valence-electron chi connectivity index (χ3n) is 3.81. The number of nitrogens with one attached hydrogen (secondary N) is 1. The van der Waals surface area contributed by atoms with Gasteiger partial charge in [-0.1, -0.05) is 12.8 Å². The van der Waals surface area contributed by atoms with Crippen LogP contribution >= 0.6 is 0 Å². The Hall–Kier alpha value is -1.75. The Kier molecular flexibility index (Phi) is 5.87. The molecule has 0 aliphatic carbocycles. The smallest absolute Gasteiger partial charge is 0.336 e. The number of anilines is 2. The molecule has 1 fully saturated rings. The number of hydrogen-bond acceptors (Lipinski definition) is 5. The topological polar surface area (TPSA) is 61.8 Å². The number of esters is 1. The van der Waals surface area contributed by atoms with E-state index >= 15 is 0 Å². The van der Waals surface area contributed by atoms with Gasteiger partial charge in [-0.3, -0.25) is 0 Å². The van der Waals surface area contributed by atoms with Crippen molar-refractivity contribution in [2.75, 3.05) is 37.0 Å². The lowest BCUT2D eigenvalue weighted by Gasteiger charge is -2.23. The Morgan fingerprint density at radius 1 is 1.24 bits per heavy atom. The molecule has 0 bridgehead atoms. The highest BCUT2D eigenvalue weighted by molar-refractivity contribution is 5.75. The molecule has 0 saturated carbocycles. The average molecular weight is 292 g/mol. The van der Waals surface area contributed by atoms with Crippen molar-refractivity contribution in [2.45, 2.75) is 31.8 Å². The standard InChI is InChI=1S/C16H24N2O3/c1-21-16(20)15(19)12-17-13-6-8-14(9-7-13)18-10-4-2-3-5-11-18/h6-9,15,17,19H,2-5,10-12H2,1H3. The Balaban J connectivity index is 1.88. The van der Waals surface area contributed by atoms with Gasteiger partial charge in [0.25, 0.3) is 0 Å². The quantitative estimate of drug-likeness (QED) is 0.813. The van der Waals surface area contributed by atoms with Crippen molar-refractivity contribution in [1.29, 1.82) is 0 Å². The van der Waals surface area contributed by atoms with Gasteiger partial charge < -0.3 is 20.1 Å². The Morgan fingerprint density at radius 3 is 2.43 bits per heavy atom. The summed E-state index contributed by atoms with van der Waals surface area (Å²) >= 11 is 0. The van der Waals surface area contributed by atoms with E-state index in [0.717, 1.165) is 18.8 Å². The monoisotopic (exact) mass is 292 g/mol. The summed E-state index contributed by atoms with van der Waals surface area (Å²) in [5.41, 5.74) is 2.12. The number of carbonyl (C=O) groups is 1. The molecule has 1 aromatic carbocycles. The van der Waals surface area contributed by atoms with E-state index in [4.69, 9.17) is 0 Å². The molecule has 0 spiro atoms. The molecule has 0 aromatic heterocycles. The van der Waals surface area contributed by atoms with Crippen LogP contribution in [0.2, 0.25) is 0 Å². The van der Waals surface area contributed by atoms with Crippen LogP contribution in [0.4, 0.5) is 11.4 Å². The minimum absolute atomic E-state index is 0.149. The maximum atomic E-state index is 11.1. The lowest BCUT2D eigenvalue weighted by molar-refractivity contribution is -0.149. The Morgan fingerprint density at radius 2 is 1.86 bits per heavy atom. The van der Waals surface area contributed by atoms with Crippen LogP contribution in [-0.4, -0.2) is 43.9 Å². The molecule has 1 saturated heterocycles. The number of methoxy groups -OCH3 is 1. The summed E-state index contributed by atoms with van der Waals surface area (Å²) in [4.78, 5) is 13.5. The first-order chi connectivity index (χ1) is 10.2. The first-order valence-electron chi connectivity index (χ1n) is 7.55. The second kappa shape index (κ2) is 7.88. The molecule has 116 valence electrons. The van der Waals surface area contributed by atoms with Gasteiger partial charge in [0, 0.05) is 24.5 Å². The van der Waals surface area contributed by atoms with E-state index in [1.165, 1.54) is 38.5 Å². The number of aliphatic hydroxyl groups is 1. The fourth-order valence-electron chi connectivity index (χ4n) is 2.55. The zero-order valence-electron chi connectivity index (χ0n) is 12.5. The molecule has 2 N–H and O–H groups in total. The fraction of sp³-hybridized carbons (Fsp3) is 0.562. The minimum atomic E-state index is -1.14. The van der Waals surface area contributed by atoms with Gasteiger partial charge in [-0.15, -0.1) is 0 Å². The maximum absolute atomic E-state index is 11.1. The highest BCUT2D eigenvalue weighted by Crippen LogP contribution is 2.21. The minimum Gasteiger partial charge on any atom is -0.467 e. The van der Waals surface area contributed by atoms with E-state index in [0.29, 0.717) is 0 Å². The highest BCUT2D eigenvalue weighted by atomic mass is 16.5. The molecule has 1 unspecified atom stereocenters. The number of rotatable bonds is 5. The van der Waals surface area contributed by atoms with E-state index < -0.39 is 12.1 Å². The number of carbonyl (C=O) groups excluding carboxylic acids is 1. The van der Waals surface area contributed by atoms with Crippen molar-refractivity contribution in [1.82, 2.24) is 0 Å². The summed E-state index contributed by atoms with van der Waals surface area (Å²) < 4.78 is 4.48. The Bertz CT molecular complexity index is 439. The molecule has 2 rings (SSSR count). The van der Waals surface area contributed by atoms with Gasteiger partial charge in [0.2, 0.25) is 0 Å². The lowest BCUT2D eigenvalue weighted by Crippen LogP contribution is -2.29. The third kappa shape index (κ3) is 4.63. The predicted molar refractivity (Wildman–Crippen MR) is 83.6 cm³/mol. The number of nitrogens with zero attached hydrogens (tertiary/aromatic N) is 1. The van der Waals surface area contributed by atoms with Crippen molar-refractivity contribution in [3.63, 3.8) is 0 Å². The highest BCUT2D eigenvalue weighted by Gasteiger charge is 2.14. The number of ether oxygens (including phenoxy) is 1. The average Bonchev–Trinajstić information content (AvgIpc) is 2.81. The molecule has 1 aliphatic heterocycles. The molecule has 0 amide bonds. The second-order valence-electron chi connectivity index (χ2n) is 5.37. The molecule has 1 atom stereocenters. The maximum Gasteiger partial charge on any atom is 0.336 e. The van der Waals surface area contributed by atoms with Crippen LogP contribution in [0.25, 0.3) is 0 Å². The van der Waals surface area contributed by atoms with Crippen LogP contribution in [0.3, 0.4) is 0 Å². The molecule has 5 heteroatoms. The van der Waals surface area contributed by atoms with Gasteiger partial charge in [0.15, 0.2) is 6.10 Å². The fourth-order valence-corrected chi connectivity index (χ4v) is 2.55. The van der Waals surface area contributed by atoms with Gasteiger partial charge in [0.05, 0.1) is 13.7 Å². The van der Waals surface area contributed by atoms with Crippen LogP contribution in [0.1, 0.15) is 25.7 Å². The van der Waals surface area contributed by atoms with Gasteiger partial charge >= 0.3 is 5.97 Å². The van der Waals surface area contributed by atoms with Crippen molar-refractivity contribution in [2.24, 2.45) is 0 Å². The first-order valence-corrected chi connectivity index (χ1v) is 7.55. The SMILES string of the molecule is COC(=O)C(O)CNc1ccc(N2CCCCCC2)cc1. The molecule has 1 aliphatic rings. The van der Waals surface area contributed by atoms with Crippen LogP contribution in [-0.2, 0) is 9.53 Å². The number of benzene rings is 1. The number of aliphatic hydroxyl groups excluding tert-OH is 1. The van der Waals surface area contributed by atoms with E-state index in [2.05, 4.69) is 27.1 Å². The molecule has 21 heavy (non-hydrogen) atoms. The molecule has 1 heterocycles. The summed E-state index contributed by atoms with van der Waals surface area (Å²) in [6.07, 6.45) is 4.01. The van der Waals surface area contributed by atoms with E-state index in [-0.39, 0.29) is 6.54 Å². The van der Waals surface area contributed by atoms with Crippen molar-refractivity contribution >= 4 is 17.3 Å². The summed E-state index contributed by atoms with van der Waals surface area (Å²) in [6.45, 7) is 2.39. The molecular formula is C16H24N2O3. The molecule has 5 nitrogen and oxygen atoms in total. The van der Waals surface area contributed by atoms with E-state index in [1.54, 1.807) is 0 Å². The second-order valence-corrected chi connectivity index (χ2v) is 5.37. The Labute approximate surface area is 125 Å². The molecule has 0 radical (unpaired) electrons. The lowest BCUT2D eigenvalue weighted by atomic mass is 10.2. The van der Waals surface area contributed by atoms with Crippen LogP contribution in [0.5, 0.6) is 0 Å².